The zero-order chi connectivity index (χ0) is 15.0. The van der Waals surface area contributed by atoms with Gasteiger partial charge in [0.25, 0.3) is 5.92 Å². The largest absolute Gasteiger partial charge is 0.465 e. The van der Waals surface area contributed by atoms with E-state index in [0.29, 0.717) is 16.9 Å². The minimum absolute atomic E-state index is 0.384. The number of nitrogens with one attached hydrogen (secondary N) is 1. The summed E-state index contributed by atoms with van der Waals surface area (Å²) in [7, 11) is 1.32. The summed E-state index contributed by atoms with van der Waals surface area (Å²) in [5.41, 5.74) is 2.41. The van der Waals surface area contributed by atoms with Crippen LogP contribution in [0.1, 0.15) is 17.3 Å². The molecule has 3 rings (SSSR count). The quantitative estimate of drug-likeness (QED) is 0.675. The van der Waals surface area contributed by atoms with E-state index in [9.17, 15) is 9.18 Å². The predicted molar refractivity (Wildman–Crippen MR) is 79.5 cm³/mol. The normalized spacial score (nSPS) is 19.9. The van der Waals surface area contributed by atoms with Gasteiger partial charge in [0.05, 0.1) is 24.0 Å². The first-order valence-corrected chi connectivity index (χ1v) is 6.58. The molecule has 4 nitrogen and oxygen atoms in total. The van der Waals surface area contributed by atoms with Crippen molar-refractivity contribution in [2.45, 2.75) is 12.8 Å². The fourth-order valence-electron chi connectivity index (χ4n) is 2.57. The molecule has 0 saturated carbocycles. The number of alkyl halides is 1. The number of anilines is 3. The van der Waals surface area contributed by atoms with Gasteiger partial charge in [0.2, 0.25) is 0 Å². The second-order valence-corrected chi connectivity index (χ2v) is 4.97. The van der Waals surface area contributed by atoms with Crippen molar-refractivity contribution < 1.29 is 13.9 Å². The number of rotatable bonds is 2. The number of carbonyl (C=O) groups is 1. The summed E-state index contributed by atoms with van der Waals surface area (Å²) in [6, 6.07) is 14.1. The van der Waals surface area contributed by atoms with E-state index >= 15 is 0 Å². The van der Waals surface area contributed by atoms with E-state index in [2.05, 4.69) is 5.32 Å². The van der Waals surface area contributed by atoms with Gasteiger partial charge in [-0.05, 0) is 30.3 Å². The van der Waals surface area contributed by atoms with E-state index in [1.807, 2.05) is 24.3 Å². The second-order valence-electron chi connectivity index (χ2n) is 4.97. The number of benzene rings is 2. The van der Waals surface area contributed by atoms with Crippen LogP contribution in [0.5, 0.6) is 0 Å². The van der Waals surface area contributed by atoms with Crippen molar-refractivity contribution >= 4 is 23.0 Å². The van der Waals surface area contributed by atoms with Gasteiger partial charge in [-0.2, -0.15) is 4.39 Å². The molecule has 1 N–H and O–H groups in total. The average molecular weight is 286 g/mol. The Morgan fingerprint density at radius 3 is 2.76 bits per heavy atom. The number of nitrogens with zero attached hydrogens (tertiary/aromatic N) is 1. The lowest BCUT2D eigenvalue weighted by molar-refractivity contribution is 0.0600. The first kappa shape index (κ1) is 13.4. The van der Waals surface area contributed by atoms with Gasteiger partial charge in [-0.15, -0.1) is 0 Å². The lowest BCUT2D eigenvalue weighted by Gasteiger charge is -2.29. The second kappa shape index (κ2) is 4.77. The highest BCUT2D eigenvalue weighted by molar-refractivity contribution is 5.92. The SMILES string of the molecule is COC(=O)c1cccc(N2c3ccccc3NC2(C)F)c1. The molecule has 2 aromatic rings. The van der Waals surface area contributed by atoms with Crippen LogP contribution in [0.2, 0.25) is 0 Å². The highest BCUT2D eigenvalue weighted by Crippen LogP contribution is 2.45. The molecule has 0 aliphatic carbocycles. The summed E-state index contributed by atoms with van der Waals surface area (Å²) in [6.07, 6.45) is 0. The van der Waals surface area contributed by atoms with Crippen LogP contribution in [0.3, 0.4) is 0 Å². The molecule has 0 aromatic heterocycles. The molecule has 0 fully saturated rings. The molecule has 21 heavy (non-hydrogen) atoms. The number of ether oxygens (including phenoxy) is 1. The Bertz CT molecular complexity index is 700. The monoisotopic (exact) mass is 286 g/mol. The third kappa shape index (κ3) is 2.20. The molecule has 5 heteroatoms. The molecule has 0 saturated heterocycles. The molecule has 108 valence electrons. The molecule has 0 amide bonds. The zero-order valence-corrected chi connectivity index (χ0v) is 11.8. The van der Waals surface area contributed by atoms with Crippen molar-refractivity contribution in [3.63, 3.8) is 0 Å². The van der Waals surface area contributed by atoms with E-state index in [-0.39, 0.29) is 0 Å². The molecule has 1 aliphatic rings. The topological polar surface area (TPSA) is 41.6 Å². The van der Waals surface area contributed by atoms with Crippen molar-refractivity contribution in [2.24, 2.45) is 0 Å². The Hall–Kier alpha value is -2.56. The molecule has 1 heterocycles. The van der Waals surface area contributed by atoms with Gasteiger partial charge < -0.3 is 10.1 Å². The van der Waals surface area contributed by atoms with Crippen LogP contribution >= 0.6 is 0 Å². The summed E-state index contributed by atoms with van der Waals surface area (Å²) < 4.78 is 19.6. The van der Waals surface area contributed by atoms with E-state index in [1.54, 1.807) is 24.3 Å². The van der Waals surface area contributed by atoms with Crippen molar-refractivity contribution in [3.05, 3.63) is 54.1 Å². The van der Waals surface area contributed by atoms with Gasteiger partial charge in [-0.25, -0.2) is 4.79 Å². The highest BCUT2D eigenvalue weighted by Gasteiger charge is 2.40. The lowest BCUT2D eigenvalue weighted by atomic mass is 10.1. The van der Waals surface area contributed by atoms with E-state index in [0.717, 1.165) is 5.69 Å². The lowest BCUT2D eigenvalue weighted by Crippen LogP contribution is -2.40. The van der Waals surface area contributed by atoms with Crippen molar-refractivity contribution in [1.82, 2.24) is 0 Å². The zero-order valence-electron chi connectivity index (χ0n) is 11.8. The maximum atomic E-state index is 14.9. The number of fused-ring (bicyclic) bond motifs is 1. The van der Waals surface area contributed by atoms with E-state index < -0.39 is 11.9 Å². The Balaban J connectivity index is 2.09. The predicted octanol–water partition coefficient (Wildman–Crippen LogP) is 3.68. The number of carbonyl (C=O) groups excluding carboxylic acids is 1. The third-order valence-corrected chi connectivity index (χ3v) is 3.45. The van der Waals surface area contributed by atoms with Gasteiger partial charge in [0.15, 0.2) is 0 Å². The highest BCUT2D eigenvalue weighted by atomic mass is 19.1. The maximum Gasteiger partial charge on any atom is 0.337 e. The molecule has 0 spiro atoms. The molecule has 1 atom stereocenters. The number of hydrogen-bond acceptors (Lipinski definition) is 4. The van der Waals surface area contributed by atoms with Crippen LogP contribution in [0, 0.1) is 0 Å². The molecular weight excluding hydrogens is 271 g/mol. The number of hydrogen-bond donors (Lipinski definition) is 1. The molecule has 0 bridgehead atoms. The van der Waals surface area contributed by atoms with E-state index in [1.165, 1.54) is 18.9 Å². The van der Waals surface area contributed by atoms with Crippen LogP contribution in [0.15, 0.2) is 48.5 Å². The average Bonchev–Trinajstić information content (AvgIpc) is 2.76. The van der Waals surface area contributed by atoms with Crippen molar-refractivity contribution in [1.29, 1.82) is 0 Å². The van der Waals surface area contributed by atoms with Crippen LogP contribution in [0.25, 0.3) is 0 Å². The number of para-hydroxylation sites is 2. The maximum absolute atomic E-state index is 14.9. The summed E-state index contributed by atoms with van der Waals surface area (Å²) in [6.45, 7) is 1.44. The Morgan fingerprint density at radius 2 is 2.00 bits per heavy atom. The number of esters is 1. The number of halogens is 1. The molecular formula is C16H15FN2O2. The standard InChI is InChI=1S/C16H15FN2O2/c1-16(17)18-13-8-3-4-9-14(13)19(16)12-7-5-6-11(10-12)15(20)21-2/h3-10,18H,1-2H3. The van der Waals surface area contributed by atoms with Gasteiger partial charge in [0.1, 0.15) is 0 Å². The van der Waals surface area contributed by atoms with Crippen LogP contribution < -0.4 is 10.2 Å². The molecule has 2 aromatic carbocycles. The van der Waals surface area contributed by atoms with Gasteiger partial charge in [-0.3, -0.25) is 4.90 Å². The smallest absolute Gasteiger partial charge is 0.337 e. The first-order valence-electron chi connectivity index (χ1n) is 6.58. The fraction of sp³-hybridized carbons (Fsp3) is 0.188. The minimum atomic E-state index is -1.77. The minimum Gasteiger partial charge on any atom is -0.465 e. The third-order valence-electron chi connectivity index (χ3n) is 3.45. The summed E-state index contributed by atoms with van der Waals surface area (Å²) in [5, 5.41) is 2.83. The van der Waals surface area contributed by atoms with Crippen LogP contribution in [0.4, 0.5) is 21.5 Å². The van der Waals surface area contributed by atoms with Gasteiger partial charge >= 0.3 is 5.97 Å². The Labute approximate surface area is 122 Å². The van der Waals surface area contributed by atoms with E-state index in [4.69, 9.17) is 4.74 Å². The molecule has 1 aliphatic heterocycles. The van der Waals surface area contributed by atoms with Crippen LogP contribution in [-0.2, 0) is 4.74 Å². The molecule has 1 unspecified atom stereocenters. The summed E-state index contributed by atoms with van der Waals surface area (Å²) in [4.78, 5) is 13.2. The summed E-state index contributed by atoms with van der Waals surface area (Å²) >= 11 is 0. The van der Waals surface area contributed by atoms with Crippen molar-refractivity contribution in [2.75, 3.05) is 17.3 Å². The van der Waals surface area contributed by atoms with Gasteiger partial charge in [-0.1, -0.05) is 18.2 Å². The van der Waals surface area contributed by atoms with Gasteiger partial charge in [0, 0.05) is 12.6 Å². The van der Waals surface area contributed by atoms with Crippen LogP contribution in [-0.4, -0.2) is 19.0 Å². The molecule has 0 radical (unpaired) electrons. The Morgan fingerprint density at radius 1 is 1.24 bits per heavy atom. The Kier molecular flexibility index (Phi) is 3.05. The summed E-state index contributed by atoms with van der Waals surface area (Å²) in [5.74, 6) is -2.21. The number of methoxy groups -OCH3 is 1. The van der Waals surface area contributed by atoms with Crippen molar-refractivity contribution in [3.8, 4) is 0 Å². The fourth-order valence-corrected chi connectivity index (χ4v) is 2.57. The first-order chi connectivity index (χ1) is 10.0.